The number of carbonyl (C=O) groups is 3. The highest BCUT2D eigenvalue weighted by atomic mass is 35.5. The number of aryl methyl sites for hydroxylation is 3. The van der Waals surface area contributed by atoms with E-state index in [1.807, 2.05) is 66.7 Å². The number of phenolic OH excluding ortho intramolecular Hbond substituents is 1. The molecule has 7 aliphatic rings. The van der Waals surface area contributed by atoms with Gasteiger partial charge in [0, 0.05) is 85.0 Å². The normalized spacial score (nSPS) is 20.6. The quantitative estimate of drug-likeness (QED) is 0.0231. The van der Waals surface area contributed by atoms with Gasteiger partial charge in [-0.3, -0.25) is 14.4 Å². The molecule has 4 saturated carbocycles. The highest BCUT2D eigenvalue weighted by Gasteiger charge is 2.45. The summed E-state index contributed by atoms with van der Waals surface area (Å²) in [4.78, 5) is 51.2. The van der Waals surface area contributed by atoms with Crippen LogP contribution >= 0.6 is 23.2 Å². The maximum atomic E-state index is 15.6. The van der Waals surface area contributed by atoms with Crippen LogP contribution < -0.4 is 28.4 Å². The molecule has 11 aromatic rings. The van der Waals surface area contributed by atoms with Crippen LogP contribution in [0.5, 0.6) is 40.8 Å². The maximum Gasteiger partial charge on any atom is 0.306 e. The molecule has 0 spiro atoms. The van der Waals surface area contributed by atoms with E-state index in [-0.39, 0.29) is 141 Å². The van der Waals surface area contributed by atoms with Gasteiger partial charge in [-0.1, -0.05) is 140 Å². The van der Waals surface area contributed by atoms with Gasteiger partial charge >= 0.3 is 17.9 Å². The number of carbonyl (C=O) groups excluding carboxylic acids is 3. The van der Waals surface area contributed by atoms with E-state index in [2.05, 4.69) is 96.1 Å². The SMILES string of the molecule is C.COC(=O)C[C@@]1(C)CCc2ccc(O)cc21.COC(=O)C[C@@]1(C)CCc2ccc(OCc3cc([C@@H]4CCCC4(C)C)c(-c4cc(OC)ncc4F)cc3F)cc21.COC(=O)C[C@@]1(C)CCc2ccc(OCc3cc([C@H]4CCCC4(C)C)c(-c4cc(OC)ncc4F)cc3F)cc21.COc1cc(-c2cc(F)c(CCl)cc2[C@@H]2CCCC2(C)C)c(F)cn1.COc1cc(-c2cc(F)c(CCl)cc2[C@H]2CCCC2(C)C)c(F)cn1. The topological polar surface area (TPSA) is 206 Å². The number of benzene rings is 7. The summed E-state index contributed by atoms with van der Waals surface area (Å²) < 4.78 is 167. The Labute approximate surface area is 869 Å². The maximum absolute atomic E-state index is 15.6. The zero-order valence-electron chi connectivity index (χ0n) is 86.8. The minimum absolute atomic E-state index is 0. The van der Waals surface area contributed by atoms with Gasteiger partial charge < -0.3 is 47.7 Å². The molecular formula is C120H138Cl2F8N4O13. The number of pyridine rings is 4. The predicted octanol–water partition coefficient (Wildman–Crippen LogP) is 30.3. The fourth-order valence-electron chi connectivity index (χ4n) is 23.5. The Morgan fingerprint density at radius 3 is 0.823 bits per heavy atom. The Morgan fingerprint density at radius 1 is 0.327 bits per heavy atom. The lowest BCUT2D eigenvalue weighted by Crippen LogP contribution is -2.23. The van der Waals surface area contributed by atoms with Crippen LogP contribution in [0.25, 0.3) is 44.5 Å². The summed E-state index contributed by atoms with van der Waals surface area (Å²) in [6.45, 7) is 24.0. The Hall–Kier alpha value is -11.8. The Kier molecular flexibility index (Phi) is 35.9. The van der Waals surface area contributed by atoms with Crippen LogP contribution in [-0.2, 0) is 89.1 Å². The number of ether oxygens (including phenoxy) is 9. The molecular weight excluding hydrogens is 1930 g/mol. The molecule has 18 rings (SSSR count). The van der Waals surface area contributed by atoms with Gasteiger partial charge in [-0.25, -0.2) is 55.1 Å². The molecule has 0 aliphatic heterocycles. The number of aromatic hydroxyl groups is 1. The van der Waals surface area contributed by atoms with E-state index in [4.69, 9.17) is 65.8 Å². The van der Waals surface area contributed by atoms with Crippen molar-refractivity contribution in [3.63, 3.8) is 0 Å². The summed E-state index contributed by atoms with van der Waals surface area (Å²) in [7, 11) is 10.1. The van der Waals surface area contributed by atoms with Gasteiger partial charge in [0.2, 0.25) is 23.5 Å². The first-order valence-corrected chi connectivity index (χ1v) is 51.2. The summed E-state index contributed by atoms with van der Waals surface area (Å²) in [5, 5.41) is 9.50. The summed E-state index contributed by atoms with van der Waals surface area (Å²) in [5.74, 6) is -0.884. The van der Waals surface area contributed by atoms with Crippen LogP contribution in [-0.4, -0.2) is 92.7 Å². The number of halogens is 10. The zero-order valence-corrected chi connectivity index (χ0v) is 88.3. The van der Waals surface area contributed by atoms with Crippen molar-refractivity contribution in [1.29, 1.82) is 0 Å². The fourth-order valence-corrected chi connectivity index (χ4v) is 23.9. The number of nitrogens with zero attached hydrogens (tertiary/aromatic N) is 4. The van der Waals surface area contributed by atoms with Gasteiger partial charge in [-0.05, 0) is 286 Å². The van der Waals surface area contributed by atoms with Gasteiger partial charge in [0.05, 0.1) is 106 Å². The van der Waals surface area contributed by atoms with E-state index in [1.54, 1.807) is 12.1 Å². The van der Waals surface area contributed by atoms with Crippen molar-refractivity contribution in [3.8, 4) is 85.3 Å². The molecule has 7 aliphatic carbocycles. The van der Waals surface area contributed by atoms with Crippen LogP contribution in [0.1, 0.15) is 301 Å². The van der Waals surface area contributed by atoms with E-state index < -0.39 is 46.5 Å². The fraction of sp³-hybridized carbons (Fsp3) is 0.458. The average molecular weight is 2070 g/mol. The highest BCUT2D eigenvalue weighted by molar-refractivity contribution is 6.17. The molecule has 27 heteroatoms. The van der Waals surface area contributed by atoms with Crippen molar-refractivity contribution in [2.24, 2.45) is 21.7 Å². The van der Waals surface area contributed by atoms with E-state index >= 15 is 17.6 Å². The molecule has 17 nitrogen and oxygen atoms in total. The molecule has 786 valence electrons. The Bertz CT molecular complexity index is 6290. The number of alkyl halides is 2. The third-order valence-electron chi connectivity index (χ3n) is 32.1. The van der Waals surface area contributed by atoms with Crippen molar-refractivity contribution in [2.45, 2.75) is 283 Å². The van der Waals surface area contributed by atoms with Crippen molar-refractivity contribution in [1.82, 2.24) is 19.9 Å². The zero-order chi connectivity index (χ0) is 105. The van der Waals surface area contributed by atoms with Crippen molar-refractivity contribution in [3.05, 3.63) is 277 Å². The smallest absolute Gasteiger partial charge is 0.306 e. The molecule has 0 unspecified atom stereocenters. The Morgan fingerprint density at radius 2 is 0.578 bits per heavy atom. The molecule has 7 aromatic carbocycles. The molecule has 4 fully saturated rings. The van der Waals surface area contributed by atoms with Crippen molar-refractivity contribution in [2.75, 3.05) is 49.8 Å². The number of fused-ring (bicyclic) bond motifs is 3. The average Bonchev–Trinajstić information content (AvgIpc) is 1.74. The molecule has 147 heavy (non-hydrogen) atoms. The first kappa shape index (κ1) is 112. The number of esters is 3. The first-order valence-electron chi connectivity index (χ1n) is 50.1. The van der Waals surface area contributed by atoms with Gasteiger partial charge in [-0.2, -0.15) is 0 Å². The number of rotatable bonds is 26. The van der Waals surface area contributed by atoms with Crippen LogP contribution in [0.2, 0.25) is 0 Å². The molecule has 0 saturated heterocycles. The third kappa shape index (κ3) is 25.0. The third-order valence-corrected chi connectivity index (χ3v) is 32.7. The molecule has 0 amide bonds. The lowest BCUT2D eigenvalue weighted by Gasteiger charge is -2.30. The molecule has 7 atom stereocenters. The van der Waals surface area contributed by atoms with Gasteiger partial charge in [0.1, 0.15) is 77.0 Å². The number of hydrogen-bond acceptors (Lipinski definition) is 17. The monoisotopic (exact) mass is 2060 g/mol. The van der Waals surface area contributed by atoms with E-state index in [1.165, 1.54) is 115 Å². The molecule has 0 bridgehead atoms. The van der Waals surface area contributed by atoms with Crippen LogP contribution in [0.4, 0.5) is 35.1 Å². The number of aromatic nitrogens is 4. The van der Waals surface area contributed by atoms with Crippen molar-refractivity contribution >= 4 is 41.1 Å². The van der Waals surface area contributed by atoms with Crippen molar-refractivity contribution < 1.29 is 97.2 Å². The molecule has 4 aromatic heterocycles. The lowest BCUT2D eigenvalue weighted by molar-refractivity contribution is -0.143. The van der Waals surface area contributed by atoms with E-state index in [0.717, 1.165) is 179 Å². The number of methoxy groups -OCH3 is 7. The second kappa shape index (κ2) is 46.9. The van der Waals surface area contributed by atoms with Gasteiger partial charge in [0.15, 0.2) is 0 Å². The highest BCUT2D eigenvalue weighted by Crippen LogP contribution is 2.58. The Balaban J connectivity index is 0.000000158. The summed E-state index contributed by atoms with van der Waals surface area (Å²) in [6.07, 6.45) is 23.3. The molecule has 4 heterocycles. The second-order valence-corrected chi connectivity index (χ2v) is 44.0. The predicted molar refractivity (Wildman–Crippen MR) is 558 cm³/mol. The van der Waals surface area contributed by atoms with Gasteiger partial charge in [0.25, 0.3) is 0 Å². The number of hydrogen-bond donors (Lipinski definition) is 1. The summed E-state index contributed by atoms with van der Waals surface area (Å²) in [5.41, 5.74) is 14.9. The largest absolute Gasteiger partial charge is 0.508 e. The second-order valence-electron chi connectivity index (χ2n) is 43.4. The van der Waals surface area contributed by atoms with E-state index in [0.29, 0.717) is 98.2 Å². The number of phenols is 1. The lowest BCUT2D eigenvalue weighted by atomic mass is 9.75. The summed E-state index contributed by atoms with van der Waals surface area (Å²) >= 11 is 11.8. The van der Waals surface area contributed by atoms with Crippen LogP contribution in [0, 0.1) is 68.2 Å². The minimum Gasteiger partial charge on any atom is -0.508 e. The first-order chi connectivity index (χ1) is 69.4. The van der Waals surface area contributed by atoms with E-state index in [9.17, 15) is 37.1 Å². The summed E-state index contributed by atoms with van der Waals surface area (Å²) in [6, 6.07) is 36.3. The minimum atomic E-state index is -0.519. The van der Waals surface area contributed by atoms with Gasteiger partial charge in [-0.15, -0.1) is 23.2 Å². The molecule has 1 N–H and O–H groups in total. The van der Waals surface area contributed by atoms with Crippen LogP contribution in [0.15, 0.2) is 152 Å². The standard InChI is InChI=1S/2C33H37F2NO4.2C20H22ClF2NO.C13H16O3.CH4/c2*1-32(2)11-6-7-26(32)24-13-21(28(34)15-23(24)25-16-30(38-4)36-18-29(25)35)19-40-22-9-8-20-10-12-33(3,27(20)14-22)17-31(37)39-5;2*1-20(2)6-4-5-16(20)14-7-12(10-21)17(22)8-13(14)15-9-19(25-3)24-11-18(15)23;1-13(8-12(15)16-2)6-5-9-3-4-10(14)7-11(9)13;/h2*8-9,13-16,18,26H,6-7,10-12,17,19H2,1-5H3;2*7-9,11,16H,4-6,10H2,1-3H3;3-4,7,14H,5-6,8H2,1-2H3;1H4/t26-,33+;26-,33-;2*16-;13-;/m01101./s1. The molecule has 0 radical (unpaired) electrons. The van der Waals surface area contributed by atoms with Crippen LogP contribution in [0.3, 0.4) is 0 Å².